The quantitative estimate of drug-likeness (QED) is 0.128. The maximum absolute atomic E-state index is 5.23. The first-order valence-electron chi connectivity index (χ1n) is 39.5. The number of nitrogens with zero attached hydrogens (tertiary/aromatic N) is 8. The smallest absolute Gasteiger partial charge is 0.235 e. The van der Waals surface area contributed by atoms with Crippen LogP contribution in [0.15, 0.2) is 413 Å². The van der Waals surface area contributed by atoms with Gasteiger partial charge < -0.3 is 9.13 Å². The van der Waals surface area contributed by atoms with Crippen molar-refractivity contribution in [3.8, 4) is 90.6 Å². The fourth-order valence-corrected chi connectivity index (χ4v) is 18.0. The molecule has 18 aromatic carbocycles. The van der Waals surface area contributed by atoms with Gasteiger partial charge in [0.1, 0.15) is 0 Å². The van der Waals surface area contributed by atoms with Crippen LogP contribution in [0, 0.1) is 0 Å². The van der Waals surface area contributed by atoms with E-state index in [1.165, 1.54) is 104 Å². The van der Waals surface area contributed by atoms with Crippen LogP contribution >= 0.6 is 0 Å². The molecule has 0 aliphatic heterocycles. The largest absolute Gasteiger partial charge is 0.309 e. The Labute approximate surface area is 667 Å². The highest BCUT2D eigenvalue weighted by Crippen LogP contribution is 2.44. The van der Waals surface area contributed by atoms with Crippen molar-refractivity contribution in [1.82, 2.24) is 38.2 Å². The van der Waals surface area contributed by atoms with Crippen LogP contribution in [-0.4, -0.2) is 38.2 Å². The van der Waals surface area contributed by atoms with Crippen LogP contribution in [0.1, 0.15) is 0 Å². The molecule has 8 nitrogen and oxygen atoms in total. The molecule has 0 saturated heterocycles. The minimum Gasteiger partial charge on any atom is -0.309 e. The zero-order chi connectivity index (χ0) is 76.3. The summed E-state index contributed by atoms with van der Waals surface area (Å²) in [5.41, 5.74) is 23.8. The van der Waals surface area contributed by atoms with E-state index in [1.807, 2.05) is 24.3 Å². The number of hydrogen-bond acceptors (Lipinski definition) is 4. The van der Waals surface area contributed by atoms with Gasteiger partial charge in [0.25, 0.3) is 0 Å². The molecule has 8 heteroatoms. The number of rotatable bonds is 10. The molecule has 24 aromatic rings. The minimum absolute atomic E-state index is 0.648. The predicted molar refractivity (Wildman–Crippen MR) is 484 cm³/mol. The molecule has 540 valence electrons. The normalized spacial score (nSPS) is 11.8. The second-order valence-electron chi connectivity index (χ2n) is 30.0. The molecular weight excluding hydrogens is 1410 g/mol. The van der Waals surface area contributed by atoms with E-state index < -0.39 is 0 Å². The molecule has 0 aliphatic carbocycles. The molecule has 0 aliphatic rings. The zero-order valence-electron chi connectivity index (χ0n) is 62.8. The molecule has 24 rings (SSSR count). The van der Waals surface area contributed by atoms with Crippen LogP contribution in [-0.2, 0) is 0 Å². The maximum atomic E-state index is 5.23. The Hall–Kier alpha value is -15.6. The van der Waals surface area contributed by atoms with Gasteiger partial charge in [-0.2, -0.15) is 0 Å². The van der Waals surface area contributed by atoms with E-state index in [-0.39, 0.29) is 0 Å². The lowest BCUT2D eigenvalue weighted by molar-refractivity contribution is 0.995. The fourth-order valence-electron chi connectivity index (χ4n) is 18.0. The molecule has 0 saturated carbocycles. The minimum atomic E-state index is 0.648. The molecule has 0 spiro atoms. The van der Waals surface area contributed by atoms with E-state index in [4.69, 9.17) is 19.9 Å². The monoisotopic (exact) mass is 1480 g/mol. The molecule has 0 atom stereocenters. The van der Waals surface area contributed by atoms with E-state index in [2.05, 4.69) is 407 Å². The lowest BCUT2D eigenvalue weighted by atomic mass is 9.99. The summed E-state index contributed by atoms with van der Waals surface area (Å²) in [6.07, 6.45) is 0. The van der Waals surface area contributed by atoms with Gasteiger partial charge >= 0.3 is 0 Å². The van der Waals surface area contributed by atoms with Crippen molar-refractivity contribution in [3.05, 3.63) is 413 Å². The van der Waals surface area contributed by atoms with E-state index >= 15 is 0 Å². The summed E-state index contributed by atoms with van der Waals surface area (Å²) in [4.78, 5) is 20.9. The average molecular weight is 1480 g/mol. The summed E-state index contributed by atoms with van der Waals surface area (Å²) in [7, 11) is 0. The van der Waals surface area contributed by atoms with Gasteiger partial charge in [0.15, 0.2) is 0 Å². The van der Waals surface area contributed by atoms with Crippen molar-refractivity contribution in [1.29, 1.82) is 0 Å². The Morgan fingerprint density at radius 1 is 0.147 bits per heavy atom. The van der Waals surface area contributed by atoms with E-state index in [9.17, 15) is 0 Å². The van der Waals surface area contributed by atoms with Gasteiger partial charge in [0.2, 0.25) is 11.9 Å². The lowest BCUT2D eigenvalue weighted by Crippen LogP contribution is -2.03. The van der Waals surface area contributed by atoms with Crippen LogP contribution in [0.2, 0.25) is 0 Å². The van der Waals surface area contributed by atoms with Gasteiger partial charge in [-0.05, 0) is 163 Å². The van der Waals surface area contributed by atoms with Gasteiger partial charge in [-0.3, -0.25) is 9.13 Å². The van der Waals surface area contributed by atoms with Crippen molar-refractivity contribution < 1.29 is 0 Å². The third kappa shape index (κ3) is 11.0. The second-order valence-corrected chi connectivity index (χ2v) is 30.0. The molecule has 0 radical (unpaired) electrons. The van der Waals surface area contributed by atoms with Crippen LogP contribution in [0.25, 0.3) is 221 Å². The van der Waals surface area contributed by atoms with E-state index in [1.54, 1.807) is 0 Å². The van der Waals surface area contributed by atoms with Crippen molar-refractivity contribution in [2.45, 2.75) is 0 Å². The molecule has 6 aromatic heterocycles. The number of aromatic nitrogens is 8. The number of para-hydroxylation sites is 4. The third-order valence-corrected chi connectivity index (χ3v) is 23.4. The Balaban J connectivity index is 0.000000137. The van der Waals surface area contributed by atoms with Gasteiger partial charge in [-0.15, -0.1) is 0 Å². The van der Waals surface area contributed by atoms with Crippen molar-refractivity contribution in [3.63, 3.8) is 0 Å². The van der Waals surface area contributed by atoms with E-state index in [0.29, 0.717) is 11.9 Å². The highest BCUT2D eigenvalue weighted by atomic mass is 15.2. The first-order valence-corrected chi connectivity index (χ1v) is 39.5. The Morgan fingerprint density at radius 2 is 0.431 bits per heavy atom. The highest BCUT2D eigenvalue weighted by Gasteiger charge is 2.24. The average Bonchev–Trinajstić information content (AvgIpc) is 1.58. The summed E-state index contributed by atoms with van der Waals surface area (Å²) >= 11 is 0. The number of fused-ring (bicyclic) bond motifs is 18. The Morgan fingerprint density at radius 3 is 0.845 bits per heavy atom. The zero-order valence-corrected chi connectivity index (χ0v) is 62.8. The Bertz CT molecular complexity index is 7950. The van der Waals surface area contributed by atoms with Crippen LogP contribution in [0.4, 0.5) is 0 Å². The summed E-state index contributed by atoms with van der Waals surface area (Å²) in [6.45, 7) is 0. The van der Waals surface area contributed by atoms with Crippen molar-refractivity contribution in [2.75, 3.05) is 0 Å². The molecule has 116 heavy (non-hydrogen) atoms. The fraction of sp³-hybridized carbons (Fsp3) is 0. The summed E-state index contributed by atoms with van der Waals surface area (Å²) < 4.78 is 9.31. The molecular formula is C108H68N8. The molecule has 0 fully saturated rings. The third-order valence-electron chi connectivity index (χ3n) is 23.4. The molecule has 0 N–H and O–H groups in total. The van der Waals surface area contributed by atoms with Gasteiger partial charge in [0.05, 0.1) is 72.6 Å². The second kappa shape index (κ2) is 27.1. The maximum Gasteiger partial charge on any atom is 0.235 e. The SMILES string of the molecule is c1ccc(-c2cc(-c3ccccc3)nc(-n3c4ccccc4c4cc(-c5ccc6c(c5)c5ccccc5n6-c5cc6ccccc6c6ccccc56)ccc43)n2)cc1.c1ccc(-c2cc(-c3ccccc3)nc(-n3c4ccccc4c4cc(-c5ccc6c(c5)c5ccccc5n6-c5ccc6ccc7ccccc7c6c5)ccc43)n2)cc1. The van der Waals surface area contributed by atoms with Gasteiger partial charge in [-0.1, -0.05) is 309 Å². The van der Waals surface area contributed by atoms with Crippen molar-refractivity contribution >= 4 is 130 Å². The molecule has 0 unspecified atom stereocenters. The lowest BCUT2D eigenvalue weighted by Gasteiger charge is -2.14. The van der Waals surface area contributed by atoms with Gasteiger partial charge in [0, 0.05) is 76.4 Å². The highest BCUT2D eigenvalue weighted by molar-refractivity contribution is 6.18. The molecule has 6 heterocycles. The summed E-state index contributed by atoms with van der Waals surface area (Å²) in [5.74, 6) is 1.30. The molecule has 0 bridgehead atoms. The Kier molecular flexibility index (Phi) is 15.5. The first-order chi connectivity index (χ1) is 57.5. The first kappa shape index (κ1) is 66.2. The van der Waals surface area contributed by atoms with E-state index in [0.717, 1.165) is 105 Å². The van der Waals surface area contributed by atoms with Gasteiger partial charge in [-0.25, -0.2) is 19.9 Å². The molecule has 0 amide bonds. The summed E-state index contributed by atoms with van der Waals surface area (Å²) in [5, 5.41) is 19.6. The van der Waals surface area contributed by atoms with Crippen molar-refractivity contribution in [2.24, 2.45) is 0 Å². The van der Waals surface area contributed by atoms with Crippen LogP contribution in [0.5, 0.6) is 0 Å². The summed E-state index contributed by atoms with van der Waals surface area (Å²) in [6, 6.07) is 148. The van der Waals surface area contributed by atoms with Crippen LogP contribution < -0.4 is 0 Å². The predicted octanol–water partition coefficient (Wildman–Crippen LogP) is 28.0. The standard InChI is InChI=1S/2C54H34N4/c1-3-14-37(15-4-1)48-34-49(38-16-5-2-6-17-38)56-54(55-48)58-51-22-12-10-20-44(51)47-32-40(27-30-53(47)58)39-26-29-52-46(31-39)43-19-9-11-21-50(43)57(52)41-28-25-36-24-23-35-13-7-8-18-42(35)45(36)33-41;1-3-15-35(16-4-1)47-34-48(36-17-5-2-6-18-36)56-54(55-47)58-50-26-14-12-24-44(50)46-32-38(28-30-52(46)58)37-27-29-51-45(31-37)43-23-11-13-25-49(43)57(51)53-33-39-19-7-8-20-40(39)41-21-9-10-22-42(41)53/h2*1-34H. The van der Waals surface area contributed by atoms with Crippen LogP contribution in [0.3, 0.4) is 0 Å². The number of hydrogen-bond donors (Lipinski definition) is 0. The topological polar surface area (TPSA) is 71.3 Å². The number of benzene rings is 18.